The summed E-state index contributed by atoms with van der Waals surface area (Å²) in [6.45, 7) is 8.61. The molecule has 2 heterocycles. The van der Waals surface area contributed by atoms with Gasteiger partial charge in [0, 0.05) is 19.4 Å². The first kappa shape index (κ1) is 25.3. The van der Waals surface area contributed by atoms with Gasteiger partial charge in [0.25, 0.3) is 11.8 Å². The summed E-state index contributed by atoms with van der Waals surface area (Å²) in [6, 6.07) is 18.5. The third-order valence-electron chi connectivity index (χ3n) is 6.47. The number of imide groups is 1. The molecule has 4 rings (SSSR count). The van der Waals surface area contributed by atoms with Gasteiger partial charge in [-0.1, -0.05) is 42.5 Å². The van der Waals surface area contributed by atoms with Gasteiger partial charge in [-0.15, -0.1) is 0 Å². The van der Waals surface area contributed by atoms with Gasteiger partial charge in [-0.05, 0) is 24.6 Å². The average molecular weight is 464 g/mol. The molecule has 31 heavy (non-hydrogen) atoms. The van der Waals surface area contributed by atoms with E-state index >= 15 is 0 Å². The number of hydrogen-bond donors (Lipinski definition) is 2. The van der Waals surface area contributed by atoms with Crippen molar-refractivity contribution in [2.45, 2.75) is 25.8 Å². The monoisotopic (exact) mass is 463 g/mol. The van der Waals surface area contributed by atoms with Gasteiger partial charge in [0.1, 0.15) is 26.2 Å². The number of nitrogens with one attached hydrogen (secondary N) is 2. The molecule has 2 N–H and O–H groups in total. The number of rotatable bonds is 7. The fourth-order valence-corrected chi connectivity index (χ4v) is 4.71. The molecule has 2 aliphatic heterocycles. The standard InChI is InChI=1S/C24H29N3O2.2ClH/c1-19(18-20-8-3-2-4-9-20)26-16-14-25(15-17-26)12-7-13-27-23(28)21-10-5-6-11-22(21)24(27)29;;/h2-6,8-11,19H,7,12-18H2,1H3;2*1H. The molecule has 0 aromatic heterocycles. The lowest BCUT2D eigenvalue weighted by molar-refractivity contribution is -1.02. The number of carbonyl (C=O) groups is 2. The highest BCUT2D eigenvalue weighted by Crippen LogP contribution is 2.22. The Labute approximate surface area is 197 Å². The number of amides is 2. The molecule has 0 saturated carbocycles. The van der Waals surface area contributed by atoms with Crippen molar-refractivity contribution in [1.29, 1.82) is 0 Å². The summed E-state index contributed by atoms with van der Waals surface area (Å²) in [4.78, 5) is 29.6. The first-order chi connectivity index (χ1) is 14.1. The minimum Gasteiger partial charge on any atom is -1.00 e. The van der Waals surface area contributed by atoms with Crippen molar-refractivity contribution in [1.82, 2.24) is 4.90 Å². The molecule has 168 valence electrons. The molecule has 1 atom stereocenters. The average Bonchev–Trinajstić information content (AvgIpc) is 3.00. The fraction of sp³-hybridized carbons (Fsp3) is 0.417. The Morgan fingerprint density at radius 2 is 1.39 bits per heavy atom. The summed E-state index contributed by atoms with van der Waals surface area (Å²) in [6.07, 6.45) is 2.00. The van der Waals surface area contributed by atoms with Crippen LogP contribution in [0.2, 0.25) is 0 Å². The molecule has 1 saturated heterocycles. The first-order valence-electron chi connectivity index (χ1n) is 10.8. The SMILES string of the molecule is CC(Cc1ccccc1)[NH+]1CC[NH+](CCCN2C(=O)c3ccccc3C2=O)CC1.[Cl-].[Cl-]. The molecule has 0 bridgehead atoms. The summed E-state index contributed by atoms with van der Waals surface area (Å²) in [5, 5.41) is 0. The quantitative estimate of drug-likeness (QED) is 0.401. The van der Waals surface area contributed by atoms with Crippen LogP contribution in [-0.2, 0) is 6.42 Å². The Hall–Kier alpha value is -1.92. The van der Waals surface area contributed by atoms with Gasteiger partial charge >= 0.3 is 0 Å². The Bertz CT molecular complexity index is 835. The molecule has 2 amide bonds. The van der Waals surface area contributed by atoms with E-state index in [1.807, 2.05) is 12.1 Å². The fourth-order valence-electron chi connectivity index (χ4n) is 4.71. The van der Waals surface area contributed by atoms with Crippen LogP contribution in [0.4, 0.5) is 0 Å². The van der Waals surface area contributed by atoms with Crippen LogP contribution in [0.1, 0.15) is 39.6 Å². The lowest BCUT2D eigenvalue weighted by Crippen LogP contribution is -3.29. The van der Waals surface area contributed by atoms with E-state index in [0.717, 1.165) is 32.5 Å². The number of benzene rings is 2. The summed E-state index contributed by atoms with van der Waals surface area (Å²) in [5.41, 5.74) is 2.52. The van der Waals surface area contributed by atoms with Gasteiger partial charge in [0.2, 0.25) is 0 Å². The van der Waals surface area contributed by atoms with E-state index in [1.54, 1.807) is 21.9 Å². The van der Waals surface area contributed by atoms with E-state index < -0.39 is 0 Å². The van der Waals surface area contributed by atoms with E-state index in [0.29, 0.717) is 23.7 Å². The maximum Gasteiger partial charge on any atom is 0.261 e. The number of quaternary nitrogens is 2. The van der Waals surface area contributed by atoms with Crippen molar-refractivity contribution in [3.05, 3.63) is 71.3 Å². The molecule has 2 aromatic rings. The van der Waals surface area contributed by atoms with Crippen molar-refractivity contribution in [3.8, 4) is 0 Å². The predicted molar refractivity (Wildman–Crippen MR) is 112 cm³/mol. The topological polar surface area (TPSA) is 46.3 Å². The highest BCUT2D eigenvalue weighted by atomic mass is 35.5. The maximum atomic E-state index is 12.5. The van der Waals surface area contributed by atoms with Gasteiger partial charge in [-0.2, -0.15) is 0 Å². The van der Waals surface area contributed by atoms with Crippen molar-refractivity contribution in [2.75, 3.05) is 39.3 Å². The molecular weight excluding hydrogens is 433 g/mol. The number of hydrogen-bond acceptors (Lipinski definition) is 2. The zero-order valence-electron chi connectivity index (χ0n) is 17.9. The lowest BCUT2D eigenvalue weighted by atomic mass is 10.1. The second-order valence-electron chi connectivity index (χ2n) is 8.41. The van der Waals surface area contributed by atoms with E-state index in [-0.39, 0.29) is 36.6 Å². The zero-order chi connectivity index (χ0) is 20.2. The second kappa shape index (κ2) is 11.6. The Morgan fingerprint density at radius 1 is 0.839 bits per heavy atom. The molecule has 0 radical (unpaired) electrons. The number of fused-ring (bicyclic) bond motifs is 1. The molecule has 0 spiro atoms. The summed E-state index contributed by atoms with van der Waals surface area (Å²) < 4.78 is 0. The smallest absolute Gasteiger partial charge is 0.261 e. The highest BCUT2D eigenvalue weighted by molar-refractivity contribution is 6.21. The molecule has 2 aliphatic rings. The molecule has 1 unspecified atom stereocenters. The lowest BCUT2D eigenvalue weighted by Gasteiger charge is -2.33. The minimum atomic E-state index is -0.135. The van der Waals surface area contributed by atoms with E-state index in [1.165, 1.54) is 23.6 Å². The van der Waals surface area contributed by atoms with Gasteiger partial charge < -0.3 is 34.6 Å². The van der Waals surface area contributed by atoms with E-state index in [2.05, 4.69) is 37.3 Å². The van der Waals surface area contributed by atoms with Crippen LogP contribution < -0.4 is 34.6 Å². The van der Waals surface area contributed by atoms with Gasteiger partial charge in [0.15, 0.2) is 0 Å². The molecule has 0 aliphatic carbocycles. The second-order valence-corrected chi connectivity index (χ2v) is 8.41. The third kappa shape index (κ3) is 5.86. The maximum absolute atomic E-state index is 12.5. The van der Waals surface area contributed by atoms with Crippen molar-refractivity contribution < 1.29 is 44.2 Å². The third-order valence-corrected chi connectivity index (χ3v) is 6.47. The highest BCUT2D eigenvalue weighted by Gasteiger charge is 2.35. The predicted octanol–water partition coefficient (Wildman–Crippen LogP) is -5.90. The minimum absolute atomic E-state index is 0. The Morgan fingerprint density at radius 3 is 1.97 bits per heavy atom. The number of halogens is 2. The zero-order valence-corrected chi connectivity index (χ0v) is 19.5. The van der Waals surface area contributed by atoms with Crippen LogP contribution in [0, 0.1) is 0 Å². The van der Waals surface area contributed by atoms with Crippen molar-refractivity contribution >= 4 is 11.8 Å². The van der Waals surface area contributed by atoms with Crippen LogP contribution in [0.3, 0.4) is 0 Å². The number of nitrogens with zero attached hydrogens (tertiary/aromatic N) is 1. The molecule has 2 aromatic carbocycles. The van der Waals surface area contributed by atoms with Gasteiger partial charge in [-0.25, -0.2) is 0 Å². The van der Waals surface area contributed by atoms with Crippen LogP contribution in [-0.4, -0.2) is 62.0 Å². The molecule has 7 heteroatoms. The first-order valence-corrected chi connectivity index (χ1v) is 10.8. The van der Waals surface area contributed by atoms with Crippen LogP contribution >= 0.6 is 0 Å². The van der Waals surface area contributed by atoms with Crippen molar-refractivity contribution in [2.24, 2.45) is 0 Å². The molecule has 5 nitrogen and oxygen atoms in total. The molecular formula is C24H31Cl2N3O2. The van der Waals surface area contributed by atoms with E-state index in [9.17, 15) is 9.59 Å². The largest absolute Gasteiger partial charge is 1.00 e. The number of carbonyl (C=O) groups excluding carboxylic acids is 2. The summed E-state index contributed by atoms with van der Waals surface area (Å²) in [7, 11) is 0. The van der Waals surface area contributed by atoms with Crippen molar-refractivity contribution in [3.63, 3.8) is 0 Å². The van der Waals surface area contributed by atoms with Gasteiger partial charge in [-0.3, -0.25) is 14.5 Å². The summed E-state index contributed by atoms with van der Waals surface area (Å²) >= 11 is 0. The van der Waals surface area contributed by atoms with Crippen LogP contribution in [0.5, 0.6) is 0 Å². The molecule has 1 fully saturated rings. The van der Waals surface area contributed by atoms with Crippen LogP contribution in [0.25, 0.3) is 0 Å². The Balaban J connectivity index is 0.00000171. The Kier molecular flexibility index (Phi) is 9.51. The number of piperazine rings is 1. The summed E-state index contributed by atoms with van der Waals surface area (Å²) in [5.74, 6) is -0.269. The van der Waals surface area contributed by atoms with Gasteiger partial charge in [0.05, 0.1) is 23.7 Å². The van der Waals surface area contributed by atoms with E-state index in [4.69, 9.17) is 0 Å². The van der Waals surface area contributed by atoms with Crippen LogP contribution in [0.15, 0.2) is 54.6 Å². The normalized spacial score (nSPS) is 21.1.